The second kappa shape index (κ2) is 12.4. The van der Waals surface area contributed by atoms with E-state index in [-0.39, 0.29) is 12.4 Å². The molecule has 1 heterocycles. The van der Waals surface area contributed by atoms with Gasteiger partial charge in [-0.1, -0.05) is 55.2 Å². The quantitative estimate of drug-likeness (QED) is 0.336. The molecule has 3 aromatic rings. The van der Waals surface area contributed by atoms with E-state index in [0.29, 0.717) is 24.2 Å². The van der Waals surface area contributed by atoms with E-state index in [4.69, 9.17) is 5.73 Å². The van der Waals surface area contributed by atoms with Gasteiger partial charge in [-0.15, -0.1) is 12.4 Å². The highest BCUT2D eigenvalue weighted by Crippen LogP contribution is 2.33. The lowest BCUT2D eigenvalue weighted by Gasteiger charge is -2.25. The number of fused-ring (bicyclic) bond motifs is 1. The van der Waals surface area contributed by atoms with Crippen molar-refractivity contribution in [3.8, 4) is 11.1 Å². The Morgan fingerprint density at radius 3 is 2.42 bits per heavy atom. The third kappa shape index (κ3) is 6.61. The molecule has 2 fully saturated rings. The van der Waals surface area contributed by atoms with Crippen molar-refractivity contribution in [1.82, 2.24) is 4.57 Å². The molecule has 0 spiro atoms. The van der Waals surface area contributed by atoms with Crippen LogP contribution in [0, 0.1) is 18.8 Å². The van der Waals surface area contributed by atoms with Crippen LogP contribution in [-0.4, -0.2) is 16.4 Å². The highest BCUT2D eigenvalue weighted by atomic mass is 35.5. The minimum Gasteiger partial charge on any atom is -0.347 e. The molecule has 2 N–H and O–H groups in total. The first kappa shape index (κ1) is 26.9. The Kier molecular flexibility index (Phi) is 9.30. The summed E-state index contributed by atoms with van der Waals surface area (Å²) in [6.07, 6.45) is 15.8. The van der Waals surface area contributed by atoms with E-state index < -0.39 is 0 Å². The van der Waals surface area contributed by atoms with E-state index in [0.717, 1.165) is 51.0 Å². The van der Waals surface area contributed by atoms with Crippen LogP contribution in [0.25, 0.3) is 22.0 Å². The number of aryl methyl sites for hydroxylation is 2. The Bertz CT molecular complexity index is 1150. The Labute approximate surface area is 223 Å². The SMILES string of the molecule is Cc1cccc(-c2ccc3c(c2)c(CCC(=O)CC2CCC(N)CC2)cn3CC2CCCCC2)c1.Cl. The summed E-state index contributed by atoms with van der Waals surface area (Å²) >= 11 is 0. The molecule has 0 atom stereocenters. The predicted octanol–water partition coefficient (Wildman–Crippen LogP) is 8.03. The number of nitrogens with zero attached hydrogens (tertiary/aromatic N) is 1. The zero-order valence-corrected chi connectivity index (χ0v) is 22.7. The number of benzene rings is 2. The molecule has 36 heavy (non-hydrogen) atoms. The number of hydrogen-bond donors (Lipinski definition) is 1. The average Bonchev–Trinajstić information content (AvgIpc) is 3.21. The number of nitrogens with two attached hydrogens (primary N) is 1. The van der Waals surface area contributed by atoms with Crippen molar-refractivity contribution in [3.63, 3.8) is 0 Å². The van der Waals surface area contributed by atoms with Crippen LogP contribution in [0.5, 0.6) is 0 Å². The molecule has 1 aromatic heterocycles. The van der Waals surface area contributed by atoms with Crippen LogP contribution in [0.1, 0.15) is 81.8 Å². The zero-order chi connectivity index (χ0) is 24.2. The Morgan fingerprint density at radius 1 is 0.917 bits per heavy atom. The molecule has 194 valence electrons. The Balaban J connectivity index is 0.00000304. The summed E-state index contributed by atoms with van der Waals surface area (Å²) in [4.78, 5) is 12.9. The van der Waals surface area contributed by atoms with Gasteiger partial charge in [-0.2, -0.15) is 0 Å². The number of halogens is 1. The number of rotatable bonds is 8. The molecule has 4 heteroatoms. The molecular formula is C32H43ClN2O. The monoisotopic (exact) mass is 506 g/mol. The summed E-state index contributed by atoms with van der Waals surface area (Å²) in [5, 5.41) is 1.33. The van der Waals surface area contributed by atoms with Crippen LogP contribution >= 0.6 is 12.4 Å². The first-order valence-electron chi connectivity index (χ1n) is 14.0. The molecule has 0 bridgehead atoms. The van der Waals surface area contributed by atoms with E-state index in [1.165, 1.54) is 65.3 Å². The van der Waals surface area contributed by atoms with E-state index in [9.17, 15) is 4.79 Å². The normalized spacial score (nSPS) is 20.8. The molecule has 3 nitrogen and oxygen atoms in total. The molecular weight excluding hydrogens is 464 g/mol. The lowest BCUT2D eigenvalue weighted by Crippen LogP contribution is -2.27. The lowest BCUT2D eigenvalue weighted by molar-refractivity contribution is -0.120. The van der Waals surface area contributed by atoms with Crippen molar-refractivity contribution < 1.29 is 4.79 Å². The molecule has 2 saturated carbocycles. The van der Waals surface area contributed by atoms with E-state index in [1.54, 1.807) is 0 Å². The fourth-order valence-corrected chi connectivity index (χ4v) is 6.46. The van der Waals surface area contributed by atoms with Crippen LogP contribution in [0.3, 0.4) is 0 Å². The molecule has 0 radical (unpaired) electrons. The van der Waals surface area contributed by atoms with Gasteiger partial charge >= 0.3 is 0 Å². The van der Waals surface area contributed by atoms with Crippen LogP contribution in [0.4, 0.5) is 0 Å². The number of ketones is 1. The first-order valence-corrected chi connectivity index (χ1v) is 14.0. The maximum absolute atomic E-state index is 12.9. The molecule has 0 saturated heterocycles. The van der Waals surface area contributed by atoms with Gasteiger partial charge in [-0.05, 0) is 92.5 Å². The predicted molar refractivity (Wildman–Crippen MR) is 154 cm³/mol. The number of Topliss-reactive ketones (excluding diaryl/α,β-unsaturated/α-hetero) is 1. The largest absolute Gasteiger partial charge is 0.347 e. The smallest absolute Gasteiger partial charge is 0.133 e. The molecule has 0 aliphatic heterocycles. The van der Waals surface area contributed by atoms with Crippen molar-refractivity contribution >= 4 is 29.1 Å². The molecule has 0 unspecified atom stereocenters. The summed E-state index contributed by atoms with van der Waals surface area (Å²) in [6.45, 7) is 3.26. The molecule has 0 amide bonds. The van der Waals surface area contributed by atoms with Crippen LogP contribution in [0.15, 0.2) is 48.7 Å². The van der Waals surface area contributed by atoms with Gasteiger partial charge in [-0.3, -0.25) is 4.79 Å². The van der Waals surface area contributed by atoms with Gasteiger partial charge in [0.2, 0.25) is 0 Å². The topological polar surface area (TPSA) is 48.0 Å². The summed E-state index contributed by atoms with van der Waals surface area (Å²) in [7, 11) is 0. The van der Waals surface area contributed by atoms with Crippen LogP contribution in [0.2, 0.25) is 0 Å². The van der Waals surface area contributed by atoms with E-state index in [2.05, 4.69) is 60.2 Å². The van der Waals surface area contributed by atoms with Gasteiger partial charge in [0.25, 0.3) is 0 Å². The highest BCUT2D eigenvalue weighted by molar-refractivity contribution is 5.89. The number of hydrogen-bond acceptors (Lipinski definition) is 2. The van der Waals surface area contributed by atoms with Gasteiger partial charge in [0, 0.05) is 42.5 Å². The fraction of sp³-hybridized carbons (Fsp3) is 0.531. The minimum atomic E-state index is 0. The van der Waals surface area contributed by atoms with E-state index >= 15 is 0 Å². The minimum absolute atomic E-state index is 0. The average molecular weight is 507 g/mol. The Morgan fingerprint density at radius 2 is 1.67 bits per heavy atom. The van der Waals surface area contributed by atoms with Crippen molar-refractivity contribution in [3.05, 3.63) is 59.8 Å². The van der Waals surface area contributed by atoms with Crippen molar-refractivity contribution in [2.45, 2.75) is 96.6 Å². The second-order valence-corrected chi connectivity index (χ2v) is 11.4. The molecule has 2 aliphatic rings. The third-order valence-corrected chi connectivity index (χ3v) is 8.58. The molecule has 2 aliphatic carbocycles. The third-order valence-electron chi connectivity index (χ3n) is 8.58. The number of aromatic nitrogens is 1. The lowest BCUT2D eigenvalue weighted by atomic mass is 9.83. The van der Waals surface area contributed by atoms with Crippen LogP contribution in [-0.2, 0) is 17.8 Å². The maximum atomic E-state index is 12.9. The second-order valence-electron chi connectivity index (χ2n) is 11.4. The first-order chi connectivity index (χ1) is 17.0. The maximum Gasteiger partial charge on any atom is 0.133 e. The summed E-state index contributed by atoms with van der Waals surface area (Å²) < 4.78 is 2.49. The van der Waals surface area contributed by atoms with Gasteiger partial charge in [0.1, 0.15) is 5.78 Å². The van der Waals surface area contributed by atoms with Crippen molar-refractivity contribution in [2.75, 3.05) is 0 Å². The standard InChI is InChI=1S/C32H42N2O.ClH/c1-23-6-5-9-26(18-23)27-13-17-32-31(20-27)28(22-34(32)21-25-7-3-2-4-8-25)12-16-30(35)19-24-10-14-29(33)15-11-24;/h5-6,9,13,17-18,20,22,24-25,29H,2-4,7-8,10-12,14-16,19,21,33H2,1H3;1H. The van der Waals surface area contributed by atoms with E-state index in [1.807, 2.05) is 0 Å². The van der Waals surface area contributed by atoms with Crippen molar-refractivity contribution in [1.29, 1.82) is 0 Å². The number of carbonyl (C=O) groups excluding carboxylic acids is 1. The van der Waals surface area contributed by atoms with Crippen LogP contribution < -0.4 is 5.73 Å². The van der Waals surface area contributed by atoms with Gasteiger partial charge in [0.05, 0.1) is 0 Å². The fourth-order valence-electron chi connectivity index (χ4n) is 6.46. The summed E-state index contributed by atoms with van der Waals surface area (Å²) in [6, 6.07) is 16.1. The van der Waals surface area contributed by atoms with Crippen molar-refractivity contribution in [2.24, 2.45) is 17.6 Å². The van der Waals surface area contributed by atoms with Gasteiger partial charge in [0.15, 0.2) is 0 Å². The van der Waals surface area contributed by atoms with Gasteiger partial charge in [-0.25, -0.2) is 0 Å². The summed E-state index contributed by atoms with van der Waals surface area (Å²) in [5.41, 5.74) is 12.5. The zero-order valence-electron chi connectivity index (χ0n) is 21.9. The highest BCUT2D eigenvalue weighted by Gasteiger charge is 2.22. The number of carbonyl (C=O) groups is 1. The molecule has 5 rings (SSSR count). The summed E-state index contributed by atoms with van der Waals surface area (Å²) in [5.74, 6) is 1.75. The Hall–Kier alpha value is -2.10. The van der Waals surface area contributed by atoms with Gasteiger partial charge < -0.3 is 10.3 Å². The molecule has 2 aromatic carbocycles.